The Morgan fingerprint density at radius 2 is 0.812 bits per heavy atom. The van der Waals surface area contributed by atoms with Gasteiger partial charge in [0, 0.05) is 22.4 Å². The van der Waals surface area contributed by atoms with Crippen LogP contribution in [0.4, 0.5) is 26.3 Å². The number of alkyl halides is 6. The van der Waals surface area contributed by atoms with E-state index in [-0.39, 0.29) is 29.8 Å². The maximum absolute atomic E-state index is 10.6. The molecule has 2 unspecified atom stereocenters. The van der Waals surface area contributed by atoms with Crippen molar-refractivity contribution in [1.29, 1.82) is 0 Å². The molecule has 0 aliphatic carbocycles. The number of hydrogen-bond acceptors (Lipinski definition) is 4. The second-order valence-electron chi connectivity index (χ2n) is 1.36. The molecule has 107 valence electrons. The van der Waals surface area contributed by atoms with E-state index in [9.17, 15) is 26.3 Å². The molecule has 0 N–H and O–H groups in total. The Morgan fingerprint density at radius 1 is 0.750 bits per heavy atom. The predicted molar refractivity (Wildman–Crippen MR) is 36.7 cm³/mol. The van der Waals surface area contributed by atoms with Gasteiger partial charge in [-0.25, -0.2) is 0 Å². The van der Waals surface area contributed by atoms with Gasteiger partial charge in [0.25, 0.3) is 0 Å². The minimum atomic E-state index is -5.08. The molecule has 0 amide bonds. The van der Waals surface area contributed by atoms with E-state index in [1.165, 1.54) is 0 Å². The maximum Gasteiger partial charge on any atom is 0.458 e. The molecule has 0 aliphatic heterocycles. The smallest absolute Gasteiger partial charge is 0.458 e. The van der Waals surface area contributed by atoms with Crippen molar-refractivity contribution >= 4 is 22.2 Å². The Hall–Kier alpha value is 0.540. The second kappa shape index (κ2) is 9.56. The van der Waals surface area contributed by atoms with Gasteiger partial charge in [0.1, 0.15) is 0 Å². The van der Waals surface area contributed by atoms with E-state index in [2.05, 4.69) is 0 Å². The fourth-order valence-corrected chi connectivity index (χ4v) is 0. The predicted octanol–water partition coefficient (Wildman–Crippen LogP) is 1.40. The van der Waals surface area contributed by atoms with Crippen LogP contribution >= 0.6 is 0 Å². The summed E-state index contributed by atoms with van der Waals surface area (Å²) < 4.78 is 99.0. The van der Waals surface area contributed by atoms with Crippen molar-refractivity contribution in [3.63, 3.8) is 0 Å². The molecule has 1 radical (unpaired) electrons. The summed E-state index contributed by atoms with van der Waals surface area (Å²) in [5.74, 6) is 0. The SMILES string of the molecule is C.O=S([O-])C(F)(F)F.O=S([O-])C(F)(F)F.[Ag]. The molecule has 0 aromatic heterocycles. The summed E-state index contributed by atoms with van der Waals surface area (Å²) in [6.45, 7) is 0. The van der Waals surface area contributed by atoms with Crippen LogP contribution < -0.4 is 0 Å². The van der Waals surface area contributed by atoms with Crippen molar-refractivity contribution in [2.75, 3.05) is 0 Å². The Balaban J connectivity index is -0.0000000800. The summed E-state index contributed by atoms with van der Waals surface area (Å²) in [4.78, 5) is 0. The summed E-state index contributed by atoms with van der Waals surface area (Å²) in [5, 5.41) is 0. The third-order valence-corrected chi connectivity index (χ3v) is 1.13. The molecule has 13 heteroatoms. The van der Waals surface area contributed by atoms with Gasteiger partial charge in [-0.15, -0.1) is 0 Å². The molecule has 0 aromatic rings. The molecule has 0 rings (SSSR count). The Kier molecular flexibility index (Phi) is 15.2. The third-order valence-electron chi connectivity index (χ3n) is 0.378. The molecule has 0 aliphatic rings. The first-order chi connectivity index (χ1) is 5.89. The van der Waals surface area contributed by atoms with Gasteiger partial charge in [-0.05, 0) is 0 Å². The molecular weight excluding hydrogens is 386 g/mol. The fraction of sp³-hybridized carbons (Fsp3) is 1.00. The van der Waals surface area contributed by atoms with Crippen molar-refractivity contribution in [1.82, 2.24) is 0 Å². The first kappa shape index (κ1) is 25.4. The number of rotatable bonds is 0. The van der Waals surface area contributed by atoms with Gasteiger partial charge < -0.3 is 9.11 Å². The van der Waals surface area contributed by atoms with Crippen LogP contribution in [0.1, 0.15) is 7.43 Å². The molecule has 0 fully saturated rings. The summed E-state index contributed by atoms with van der Waals surface area (Å²) in [6, 6.07) is 0. The van der Waals surface area contributed by atoms with Gasteiger partial charge in [-0.3, -0.25) is 8.42 Å². The zero-order chi connectivity index (χ0) is 12.2. The molecule has 0 heterocycles. The van der Waals surface area contributed by atoms with E-state index in [0.717, 1.165) is 0 Å². The minimum Gasteiger partial charge on any atom is -0.766 e. The topological polar surface area (TPSA) is 80.3 Å². The van der Waals surface area contributed by atoms with Crippen molar-refractivity contribution in [3.8, 4) is 0 Å². The van der Waals surface area contributed by atoms with Gasteiger partial charge in [0.2, 0.25) is 0 Å². The zero-order valence-corrected chi connectivity index (χ0v) is 9.13. The van der Waals surface area contributed by atoms with Crippen LogP contribution in [0.5, 0.6) is 0 Å². The van der Waals surface area contributed by atoms with Crippen LogP contribution in [0.15, 0.2) is 0 Å². The van der Waals surface area contributed by atoms with E-state index in [4.69, 9.17) is 17.5 Å². The third kappa shape index (κ3) is 17.0. The molecule has 0 saturated carbocycles. The van der Waals surface area contributed by atoms with Crippen molar-refractivity contribution in [3.05, 3.63) is 0 Å². The van der Waals surface area contributed by atoms with Gasteiger partial charge >= 0.3 is 11.0 Å². The van der Waals surface area contributed by atoms with Crippen molar-refractivity contribution in [2.45, 2.75) is 18.4 Å². The van der Waals surface area contributed by atoms with Crippen LogP contribution in [0.25, 0.3) is 0 Å². The number of hydrogen-bond donors (Lipinski definition) is 0. The Bertz CT molecular complexity index is 203. The molecule has 4 nitrogen and oxygen atoms in total. The molecule has 0 bridgehead atoms. The number of halogens is 6. The first-order valence-electron chi connectivity index (χ1n) is 2.21. The Morgan fingerprint density at radius 3 is 0.812 bits per heavy atom. The van der Waals surface area contributed by atoms with E-state index in [1.54, 1.807) is 0 Å². The minimum absolute atomic E-state index is 0. The molecular formula is C3H4AgF6O4S2-2. The maximum atomic E-state index is 10.6. The van der Waals surface area contributed by atoms with E-state index < -0.39 is 33.2 Å². The van der Waals surface area contributed by atoms with Gasteiger partial charge in [0.05, 0.1) is 22.2 Å². The van der Waals surface area contributed by atoms with Crippen LogP contribution in [-0.2, 0) is 44.5 Å². The van der Waals surface area contributed by atoms with Crippen LogP contribution in [0.3, 0.4) is 0 Å². The molecule has 0 saturated heterocycles. The van der Waals surface area contributed by atoms with Gasteiger partial charge in [-0.2, -0.15) is 26.3 Å². The van der Waals surface area contributed by atoms with E-state index >= 15 is 0 Å². The van der Waals surface area contributed by atoms with E-state index in [1.807, 2.05) is 0 Å². The average Bonchev–Trinajstić information content (AvgIpc) is 1.83. The monoisotopic (exact) mass is 389 g/mol. The molecule has 16 heavy (non-hydrogen) atoms. The molecule has 0 spiro atoms. The van der Waals surface area contributed by atoms with Crippen molar-refractivity contribution < 1.29 is 66.2 Å². The zero-order valence-electron chi connectivity index (χ0n) is 6.02. The standard InChI is InChI=1S/2CHF3O2S.CH4.Ag/c2*2-1(3,4)7(5)6;;/h2*(H,5,6);1H4;/p-2. The molecule has 2 atom stereocenters. The summed E-state index contributed by atoms with van der Waals surface area (Å²) in [7, 11) is 0. The average molecular weight is 390 g/mol. The largest absolute Gasteiger partial charge is 0.766 e. The van der Waals surface area contributed by atoms with Crippen LogP contribution in [0, 0.1) is 0 Å². The summed E-state index contributed by atoms with van der Waals surface area (Å²) >= 11 is -7.87. The van der Waals surface area contributed by atoms with Crippen LogP contribution in [-0.4, -0.2) is 28.5 Å². The Labute approximate surface area is 107 Å². The molecule has 0 aromatic carbocycles. The van der Waals surface area contributed by atoms with E-state index in [0.29, 0.717) is 0 Å². The van der Waals surface area contributed by atoms with Crippen LogP contribution in [0.2, 0.25) is 0 Å². The fourth-order valence-electron chi connectivity index (χ4n) is 0. The van der Waals surface area contributed by atoms with Crippen molar-refractivity contribution in [2.24, 2.45) is 0 Å². The van der Waals surface area contributed by atoms with Gasteiger partial charge in [-0.1, -0.05) is 7.43 Å². The normalized spacial score (nSPS) is 14.5. The first-order valence-corrected chi connectivity index (χ1v) is 4.36. The second-order valence-corrected chi connectivity index (χ2v) is 3.23. The summed E-state index contributed by atoms with van der Waals surface area (Å²) in [6.07, 6.45) is 0. The summed E-state index contributed by atoms with van der Waals surface area (Å²) in [5.41, 5.74) is -10.2. The quantitative estimate of drug-likeness (QED) is 0.356. The van der Waals surface area contributed by atoms with Gasteiger partial charge in [0.15, 0.2) is 0 Å².